The van der Waals surface area contributed by atoms with Gasteiger partial charge in [-0.05, 0) is 13.8 Å². The second kappa shape index (κ2) is 3.74. The first-order valence-electron chi connectivity index (χ1n) is 2.60. The molecular weight excluding hydrogens is 140 g/mol. The smallest absolute Gasteiger partial charge is 0.320 e. The number of hydrogen-bond acceptors (Lipinski definition) is 4. The van der Waals surface area contributed by atoms with Gasteiger partial charge >= 0.3 is 5.97 Å². The molecule has 0 aliphatic carbocycles. The molecule has 0 heterocycles. The minimum atomic E-state index is -1.04. The molecular formula is C5H10O3S. The predicted octanol–water partition coefficient (Wildman–Crippen LogP) is 0.186. The Balaban J connectivity index is 3.51. The van der Waals surface area contributed by atoms with E-state index < -0.39 is 17.5 Å². The van der Waals surface area contributed by atoms with Crippen molar-refractivity contribution in [3.8, 4) is 0 Å². The quantitative estimate of drug-likeness (QED) is 0.335. The molecule has 9 heavy (non-hydrogen) atoms. The molecule has 2 unspecified atom stereocenters. The Labute approximate surface area is 59.4 Å². The van der Waals surface area contributed by atoms with Crippen molar-refractivity contribution in [2.24, 2.45) is 0 Å². The summed E-state index contributed by atoms with van der Waals surface area (Å²) in [7, 11) is 0. The van der Waals surface area contributed by atoms with E-state index in [0.717, 1.165) is 0 Å². The van der Waals surface area contributed by atoms with Crippen molar-refractivity contribution in [2.75, 3.05) is 0 Å². The van der Waals surface area contributed by atoms with Crippen LogP contribution in [0.15, 0.2) is 0 Å². The van der Waals surface area contributed by atoms with Crippen molar-refractivity contribution in [1.29, 1.82) is 0 Å². The topological polar surface area (TPSA) is 46.5 Å². The maximum atomic E-state index is 10.5. The van der Waals surface area contributed by atoms with E-state index in [1.807, 2.05) is 0 Å². The Bertz CT molecular complexity index is 100. The van der Waals surface area contributed by atoms with Gasteiger partial charge in [0.2, 0.25) is 0 Å². The van der Waals surface area contributed by atoms with Gasteiger partial charge in [-0.2, -0.15) is 12.6 Å². The molecule has 0 bridgehead atoms. The zero-order valence-corrected chi connectivity index (χ0v) is 6.26. The average Bonchev–Trinajstić information content (AvgIpc) is 1.63. The lowest BCUT2D eigenvalue weighted by Crippen LogP contribution is -2.20. The van der Waals surface area contributed by atoms with E-state index in [1.54, 1.807) is 6.92 Å². The fourth-order valence-electron chi connectivity index (χ4n) is 0.267. The second-order valence-electron chi connectivity index (χ2n) is 1.71. The summed E-state index contributed by atoms with van der Waals surface area (Å²) < 4.78 is 4.35. The lowest BCUT2D eigenvalue weighted by Gasteiger charge is -2.07. The first-order chi connectivity index (χ1) is 4.04. The monoisotopic (exact) mass is 150 g/mol. The van der Waals surface area contributed by atoms with E-state index in [1.165, 1.54) is 6.92 Å². The van der Waals surface area contributed by atoms with Crippen molar-refractivity contribution < 1.29 is 14.6 Å². The van der Waals surface area contributed by atoms with Gasteiger partial charge in [-0.3, -0.25) is 4.79 Å². The maximum Gasteiger partial charge on any atom is 0.320 e. The number of ether oxygens (including phenoxy) is 1. The van der Waals surface area contributed by atoms with Crippen LogP contribution in [-0.2, 0) is 9.53 Å². The highest BCUT2D eigenvalue weighted by Gasteiger charge is 2.10. The molecule has 0 aromatic heterocycles. The number of aliphatic hydroxyl groups is 1. The number of hydrogen-bond donors (Lipinski definition) is 2. The third kappa shape index (κ3) is 4.29. The van der Waals surface area contributed by atoms with Crippen LogP contribution in [0.4, 0.5) is 0 Å². The normalized spacial score (nSPS) is 16.4. The van der Waals surface area contributed by atoms with Gasteiger partial charge in [0.25, 0.3) is 0 Å². The number of aliphatic hydroxyl groups excluding tert-OH is 1. The number of carbonyl (C=O) groups excluding carboxylic acids is 1. The summed E-state index contributed by atoms with van der Waals surface area (Å²) in [5.41, 5.74) is 0. The van der Waals surface area contributed by atoms with Gasteiger partial charge < -0.3 is 9.84 Å². The summed E-state index contributed by atoms with van der Waals surface area (Å²) in [6, 6.07) is 0. The molecule has 0 aromatic rings. The molecule has 54 valence electrons. The molecule has 2 atom stereocenters. The summed E-state index contributed by atoms with van der Waals surface area (Å²) in [4.78, 5) is 10.5. The van der Waals surface area contributed by atoms with Gasteiger partial charge in [0, 0.05) is 0 Å². The molecule has 0 aliphatic rings. The molecule has 0 fully saturated rings. The Kier molecular flexibility index (Phi) is 3.65. The third-order valence-corrected chi connectivity index (χ3v) is 0.839. The molecule has 0 aromatic carbocycles. The van der Waals surface area contributed by atoms with E-state index in [-0.39, 0.29) is 0 Å². The van der Waals surface area contributed by atoms with Gasteiger partial charge in [0.05, 0.1) is 5.25 Å². The van der Waals surface area contributed by atoms with E-state index in [4.69, 9.17) is 5.11 Å². The molecule has 0 aliphatic heterocycles. The van der Waals surface area contributed by atoms with Crippen molar-refractivity contribution in [3.05, 3.63) is 0 Å². The Morgan fingerprint density at radius 3 is 2.22 bits per heavy atom. The molecule has 3 nitrogen and oxygen atoms in total. The van der Waals surface area contributed by atoms with Crippen LogP contribution in [0, 0.1) is 0 Å². The zero-order chi connectivity index (χ0) is 7.44. The number of thiol groups is 1. The van der Waals surface area contributed by atoms with E-state index in [0.29, 0.717) is 0 Å². The zero-order valence-electron chi connectivity index (χ0n) is 5.37. The van der Waals surface area contributed by atoms with Gasteiger partial charge in [-0.15, -0.1) is 0 Å². The molecule has 0 rings (SSSR count). The largest absolute Gasteiger partial charge is 0.435 e. The van der Waals surface area contributed by atoms with E-state index in [2.05, 4.69) is 17.4 Å². The summed E-state index contributed by atoms with van der Waals surface area (Å²) in [6.07, 6.45) is -1.04. The SMILES string of the molecule is CC(O)OC(=O)C(C)S. The molecule has 4 heteroatoms. The molecule has 0 saturated heterocycles. The van der Waals surface area contributed by atoms with Gasteiger partial charge in [0.15, 0.2) is 6.29 Å². The number of esters is 1. The molecule has 0 spiro atoms. The predicted molar refractivity (Wildman–Crippen MR) is 36.2 cm³/mol. The summed E-state index contributed by atoms with van der Waals surface area (Å²) >= 11 is 3.78. The van der Waals surface area contributed by atoms with E-state index in [9.17, 15) is 4.79 Å². The highest BCUT2D eigenvalue weighted by atomic mass is 32.1. The minimum absolute atomic E-state index is 0.473. The number of carbonyl (C=O) groups is 1. The van der Waals surface area contributed by atoms with E-state index >= 15 is 0 Å². The molecule has 0 radical (unpaired) electrons. The Morgan fingerprint density at radius 1 is 1.67 bits per heavy atom. The molecule has 0 saturated carbocycles. The third-order valence-electron chi connectivity index (χ3n) is 0.628. The van der Waals surface area contributed by atoms with Crippen molar-refractivity contribution in [2.45, 2.75) is 25.4 Å². The summed E-state index contributed by atoms with van der Waals surface area (Å²) in [5, 5.41) is 8.02. The van der Waals surface area contributed by atoms with Gasteiger partial charge in [-0.25, -0.2) is 0 Å². The van der Waals surface area contributed by atoms with Crippen LogP contribution in [0.2, 0.25) is 0 Å². The summed E-state index contributed by atoms with van der Waals surface area (Å²) in [6.45, 7) is 2.95. The van der Waals surface area contributed by atoms with Crippen LogP contribution in [0.1, 0.15) is 13.8 Å². The van der Waals surface area contributed by atoms with Gasteiger partial charge in [-0.1, -0.05) is 0 Å². The fraction of sp³-hybridized carbons (Fsp3) is 0.800. The van der Waals surface area contributed by atoms with Crippen LogP contribution < -0.4 is 0 Å². The van der Waals surface area contributed by atoms with Crippen molar-refractivity contribution in [1.82, 2.24) is 0 Å². The minimum Gasteiger partial charge on any atom is -0.435 e. The lowest BCUT2D eigenvalue weighted by atomic mass is 10.5. The Morgan fingerprint density at radius 2 is 2.11 bits per heavy atom. The van der Waals surface area contributed by atoms with Crippen LogP contribution in [0.3, 0.4) is 0 Å². The van der Waals surface area contributed by atoms with Crippen molar-refractivity contribution >= 4 is 18.6 Å². The van der Waals surface area contributed by atoms with Crippen LogP contribution in [-0.4, -0.2) is 22.6 Å². The molecule has 1 N–H and O–H groups in total. The number of rotatable bonds is 2. The fourth-order valence-corrected chi connectivity index (χ4v) is 0.327. The second-order valence-corrected chi connectivity index (χ2v) is 2.49. The standard InChI is InChI=1S/C5H10O3S/c1-3(9)5(7)8-4(2)6/h3-4,6,9H,1-2H3. The highest BCUT2D eigenvalue weighted by molar-refractivity contribution is 7.81. The van der Waals surface area contributed by atoms with Crippen LogP contribution in [0.5, 0.6) is 0 Å². The highest BCUT2D eigenvalue weighted by Crippen LogP contribution is 1.97. The first-order valence-corrected chi connectivity index (χ1v) is 3.12. The maximum absolute atomic E-state index is 10.5. The Hall–Kier alpha value is -0.220. The summed E-state index contributed by atoms with van der Waals surface area (Å²) in [5.74, 6) is -0.506. The van der Waals surface area contributed by atoms with Crippen molar-refractivity contribution in [3.63, 3.8) is 0 Å². The first kappa shape index (κ1) is 8.78. The van der Waals surface area contributed by atoms with Crippen LogP contribution >= 0.6 is 12.6 Å². The molecule has 0 amide bonds. The lowest BCUT2D eigenvalue weighted by molar-refractivity contribution is -0.163. The van der Waals surface area contributed by atoms with Gasteiger partial charge in [0.1, 0.15) is 0 Å². The average molecular weight is 150 g/mol. The van der Waals surface area contributed by atoms with Crippen LogP contribution in [0.25, 0.3) is 0 Å².